The topological polar surface area (TPSA) is 107 Å². The minimum absolute atomic E-state index is 0.146. The van der Waals surface area contributed by atoms with E-state index in [1.807, 2.05) is 0 Å². The summed E-state index contributed by atoms with van der Waals surface area (Å²) in [6.07, 6.45) is 5.46. The van der Waals surface area contributed by atoms with E-state index in [4.69, 9.17) is 0 Å². The van der Waals surface area contributed by atoms with Crippen LogP contribution in [-0.2, 0) is 17.1 Å². The average Bonchev–Trinajstić information content (AvgIpc) is 3.20. The molecule has 0 aliphatic carbocycles. The number of rotatable bonds is 7. The molecule has 0 unspecified atom stereocenters. The van der Waals surface area contributed by atoms with Crippen LogP contribution in [0.15, 0.2) is 55.0 Å². The lowest BCUT2D eigenvalue weighted by molar-refractivity contribution is 0.103. The Morgan fingerprint density at radius 3 is 2.69 bits per heavy atom. The quantitative estimate of drug-likeness (QED) is 0.429. The first kappa shape index (κ1) is 21.6. The second kappa shape index (κ2) is 8.46. The highest BCUT2D eigenvalue weighted by Gasteiger charge is 2.20. The number of hydrogen-bond acceptors (Lipinski definition) is 6. The number of nitrogens with zero attached hydrogens (tertiary/aromatic N) is 4. The van der Waals surface area contributed by atoms with Crippen molar-refractivity contribution in [1.82, 2.24) is 19.7 Å². The molecule has 164 valence electrons. The third kappa shape index (κ3) is 4.35. The molecule has 10 heteroatoms. The molecule has 2 aromatic heterocycles. The summed E-state index contributed by atoms with van der Waals surface area (Å²) in [7, 11) is -1.91. The number of aromatic nitrogens is 4. The Morgan fingerprint density at radius 2 is 1.97 bits per heavy atom. The van der Waals surface area contributed by atoms with E-state index in [-0.39, 0.29) is 22.6 Å². The smallest absolute Gasteiger partial charge is 0.232 e. The molecule has 0 fully saturated rings. The SMILES string of the molecule is CCCS(=O)(=O)Nc1cccc(C(=O)c2ccc3ncc(-c4cnn(C)c4)nc3c2)c1F. The fourth-order valence-corrected chi connectivity index (χ4v) is 4.41. The van der Waals surface area contributed by atoms with E-state index in [9.17, 15) is 17.6 Å². The zero-order chi connectivity index (χ0) is 22.9. The van der Waals surface area contributed by atoms with E-state index in [0.717, 1.165) is 5.56 Å². The summed E-state index contributed by atoms with van der Waals surface area (Å²) in [5.74, 6) is -1.66. The lowest BCUT2D eigenvalue weighted by Crippen LogP contribution is -2.18. The molecule has 4 aromatic rings. The van der Waals surface area contributed by atoms with Gasteiger partial charge in [-0.05, 0) is 36.8 Å². The van der Waals surface area contributed by atoms with Crippen LogP contribution < -0.4 is 4.72 Å². The summed E-state index contributed by atoms with van der Waals surface area (Å²) < 4.78 is 42.9. The standard InChI is InChI=1S/C22H20FN5O3S/c1-3-9-32(30,31)27-18-6-4-5-16(21(18)23)22(29)14-7-8-17-19(10-14)26-20(12-24-17)15-11-25-28(2)13-15/h4-8,10-13,27H,3,9H2,1-2H3. The number of nitrogens with one attached hydrogen (secondary N) is 1. The highest BCUT2D eigenvalue weighted by Crippen LogP contribution is 2.24. The van der Waals surface area contributed by atoms with Gasteiger partial charge in [0.05, 0.1) is 46.1 Å². The molecule has 0 bridgehead atoms. The van der Waals surface area contributed by atoms with Gasteiger partial charge in [0, 0.05) is 24.4 Å². The van der Waals surface area contributed by atoms with E-state index in [0.29, 0.717) is 23.1 Å². The normalized spacial score (nSPS) is 11.6. The summed E-state index contributed by atoms with van der Waals surface area (Å²) in [6.45, 7) is 1.71. The van der Waals surface area contributed by atoms with Gasteiger partial charge in [-0.15, -0.1) is 0 Å². The summed E-state index contributed by atoms with van der Waals surface area (Å²) in [5, 5.41) is 4.12. The van der Waals surface area contributed by atoms with Crippen molar-refractivity contribution in [3.8, 4) is 11.3 Å². The summed E-state index contributed by atoms with van der Waals surface area (Å²) in [6, 6.07) is 8.74. The van der Waals surface area contributed by atoms with Gasteiger partial charge in [0.2, 0.25) is 10.0 Å². The van der Waals surface area contributed by atoms with Crippen molar-refractivity contribution in [3.05, 3.63) is 71.9 Å². The molecule has 0 amide bonds. The number of sulfonamides is 1. The van der Waals surface area contributed by atoms with Crippen LogP contribution in [0.25, 0.3) is 22.3 Å². The second-order valence-electron chi connectivity index (χ2n) is 7.28. The van der Waals surface area contributed by atoms with Crippen LogP contribution in [-0.4, -0.2) is 39.7 Å². The van der Waals surface area contributed by atoms with Crippen LogP contribution in [0.5, 0.6) is 0 Å². The Balaban J connectivity index is 1.70. The van der Waals surface area contributed by atoms with E-state index in [2.05, 4.69) is 19.8 Å². The molecule has 0 spiro atoms. The number of ketones is 1. The van der Waals surface area contributed by atoms with Gasteiger partial charge in [-0.3, -0.25) is 19.2 Å². The Labute approximate surface area is 184 Å². The molecular formula is C22H20FN5O3S. The van der Waals surface area contributed by atoms with Gasteiger partial charge in [0.15, 0.2) is 11.6 Å². The van der Waals surface area contributed by atoms with Crippen molar-refractivity contribution in [2.75, 3.05) is 10.5 Å². The maximum absolute atomic E-state index is 15.0. The van der Waals surface area contributed by atoms with Crippen molar-refractivity contribution in [2.45, 2.75) is 13.3 Å². The number of hydrogen-bond donors (Lipinski definition) is 1. The average molecular weight is 453 g/mol. The molecule has 8 nitrogen and oxygen atoms in total. The van der Waals surface area contributed by atoms with E-state index >= 15 is 0 Å². The van der Waals surface area contributed by atoms with Gasteiger partial charge in [0.1, 0.15) is 0 Å². The Bertz CT molecular complexity index is 1430. The number of benzene rings is 2. The predicted octanol–water partition coefficient (Wildman–Crippen LogP) is 3.55. The second-order valence-corrected chi connectivity index (χ2v) is 9.12. The Hall–Kier alpha value is -3.66. The highest BCUT2D eigenvalue weighted by molar-refractivity contribution is 7.92. The van der Waals surface area contributed by atoms with Crippen molar-refractivity contribution in [1.29, 1.82) is 0 Å². The lowest BCUT2D eigenvalue weighted by Gasteiger charge is -2.11. The van der Waals surface area contributed by atoms with Crippen LogP contribution in [0.3, 0.4) is 0 Å². The van der Waals surface area contributed by atoms with Crippen LogP contribution >= 0.6 is 0 Å². The van der Waals surface area contributed by atoms with Gasteiger partial charge in [-0.25, -0.2) is 17.8 Å². The first-order chi connectivity index (χ1) is 15.3. The number of carbonyl (C=O) groups excluding carboxylic acids is 1. The van der Waals surface area contributed by atoms with Crippen molar-refractivity contribution in [3.63, 3.8) is 0 Å². The highest BCUT2D eigenvalue weighted by atomic mass is 32.2. The zero-order valence-corrected chi connectivity index (χ0v) is 18.2. The number of aryl methyl sites for hydroxylation is 1. The third-order valence-electron chi connectivity index (χ3n) is 4.79. The molecule has 2 aromatic carbocycles. The van der Waals surface area contributed by atoms with Crippen LogP contribution in [0.2, 0.25) is 0 Å². The predicted molar refractivity (Wildman–Crippen MR) is 119 cm³/mol. The zero-order valence-electron chi connectivity index (χ0n) is 17.4. The first-order valence-electron chi connectivity index (χ1n) is 9.87. The molecule has 2 heterocycles. The van der Waals surface area contributed by atoms with Crippen LogP contribution in [0.4, 0.5) is 10.1 Å². The van der Waals surface area contributed by atoms with Crippen LogP contribution in [0.1, 0.15) is 29.3 Å². The number of fused-ring (bicyclic) bond motifs is 1. The summed E-state index contributed by atoms with van der Waals surface area (Å²) in [4.78, 5) is 22.0. The largest absolute Gasteiger partial charge is 0.288 e. The van der Waals surface area contributed by atoms with Gasteiger partial charge in [0.25, 0.3) is 0 Å². The van der Waals surface area contributed by atoms with Crippen molar-refractivity contribution >= 4 is 32.5 Å². The number of anilines is 1. The van der Waals surface area contributed by atoms with Gasteiger partial charge < -0.3 is 0 Å². The van der Waals surface area contributed by atoms with Crippen molar-refractivity contribution < 1.29 is 17.6 Å². The summed E-state index contributed by atoms with van der Waals surface area (Å²) in [5.41, 5.74) is 2.13. The molecule has 0 aliphatic rings. The molecule has 4 rings (SSSR count). The maximum atomic E-state index is 15.0. The third-order valence-corrected chi connectivity index (χ3v) is 6.26. The molecule has 0 saturated carbocycles. The molecular weight excluding hydrogens is 433 g/mol. The van der Waals surface area contributed by atoms with E-state index in [1.54, 1.807) is 43.3 Å². The number of carbonyl (C=O) groups is 1. The van der Waals surface area contributed by atoms with Crippen molar-refractivity contribution in [2.24, 2.45) is 7.05 Å². The molecule has 1 N–H and O–H groups in total. The molecule has 32 heavy (non-hydrogen) atoms. The Kier molecular flexibility index (Phi) is 5.70. The molecule has 0 aliphatic heterocycles. The molecule has 0 atom stereocenters. The minimum atomic E-state index is -3.70. The van der Waals surface area contributed by atoms with E-state index in [1.165, 1.54) is 30.3 Å². The molecule has 0 radical (unpaired) electrons. The summed E-state index contributed by atoms with van der Waals surface area (Å²) >= 11 is 0. The fraction of sp³-hybridized carbons (Fsp3) is 0.182. The van der Waals surface area contributed by atoms with Crippen LogP contribution in [0, 0.1) is 5.82 Å². The maximum Gasteiger partial charge on any atom is 0.232 e. The Morgan fingerprint density at radius 1 is 1.16 bits per heavy atom. The van der Waals surface area contributed by atoms with Gasteiger partial charge in [-0.2, -0.15) is 5.10 Å². The number of halogens is 1. The van der Waals surface area contributed by atoms with Gasteiger partial charge in [-0.1, -0.05) is 13.0 Å². The fourth-order valence-electron chi connectivity index (χ4n) is 3.27. The first-order valence-corrected chi connectivity index (χ1v) is 11.5. The van der Waals surface area contributed by atoms with E-state index < -0.39 is 21.6 Å². The monoisotopic (exact) mass is 453 g/mol. The van der Waals surface area contributed by atoms with Gasteiger partial charge >= 0.3 is 0 Å². The molecule has 0 saturated heterocycles. The minimum Gasteiger partial charge on any atom is -0.288 e. The lowest BCUT2D eigenvalue weighted by atomic mass is 10.0.